The van der Waals surface area contributed by atoms with Gasteiger partial charge in [0.25, 0.3) is 0 Å². The third-order valence-corrected chi connectivity index (χ3v) is 5.19. The molecular formula is C22H29BN4O3. The molecule has 0 radical (unpaired) electrons. The van der Waals surface area contributed by atoms with Gasteiger partial charge >= 0.3 is 7.12 Å². The third kappa shape index (κ3) is 4.71. The maximum Gasteiger partial charge on any atom is 0.498 e. The Bertz CT molecular complexity index is 944. The van der Waals surface area contributed by atoms with E-state index in [2.05, 4.69) is 15.1 Å². The molecule has 0 saturated carbocycles. The van der Waals surface area contributed by atoms with Crippen LogP contribution in [-0.2, 0) is 15.9 Å². The highest BCUT2D eigenvalue weighted by molar-refractivity contribution is 6.62. The summed E-state index contributed by atoms with van der Waals surface area (Å²) in [6.07, 6.45) is 6.79. The van der Waals surface area contributed by atoms with Gasteiger partial charge < -0.3 is 14.0 Å². The van der Waals surface area contributed by atoms with E-state index in [1.54, 1.807) is 23.3 Å². The van der Waals surface area contributed by atoms with Gasteiger partial charge in [-0.2, -0.15) is 10.1 Å². The topological polar surface area (TPSA) is 71.3 Å². The molecule has 0 atom stereocenters. The summed E-state index contributed by atoms with van der Waals surface area (Å²) in [5, 5.41) is 4.38. The molecular weight excluding hydrogens is 379 g/mol. The van der Waals surface area contributed by atoms with E-state index in [-0.39, 0.29) is 0 Å². The fourth-order valence-electron chi connectivity index (χ4n) is 2.81. The first-order chi connectivity index (χ1) is 14.3. The highest BCUT2D eigenvalue weighted by Gasteiger charge is 2.52. The van der Waals surface area contributed by atoms with Crippen LogP contribution in [0, 0.1) is 0 Å². The molecule has 0 aliphatic carbocycles. The van der Waals surface area contributed by atoms with E-state index in [0.717, 1.165) is 11.0 Å². The van der Waals surface area contributed by atoms with Crippen LogP contribution in [0.25, 0.3) is 5.82 Å². The van der Waals surface area contributed by atoms with Crippen molar-refractivity contribution < 1.29 is 14.0 Å². The SMILES string of the molecule is CC.CC1(C)OB(c2cnn(-c3cncc(OCc4ccccc4)n3)c2)OC1(C)C. The Kier molecular flexibility index (Phi) is 6.58. The van der Waals surface area contributed by atoms with E-state index in [4.69, 9.17) is 14.0 Å². The number of aromatic nitrogens is 4. The van der Waals surface area contributed by atoms with Crippen LogP contribution >= 0.6 is 0 Å². The summed E-state index contributed by atoms with van der Waals surface area (Å²) in [6, 6.07) is 9.92. The standard InChI is InChI=1S/C20H23BN4O3.C2H6/c1-19(2)20(3,4)28-21(27-19)16-10-23-25(13-16)17-11-22-12-18(24-17)26-14-15-8-6-5-7-9-15;1-2/h5-13H,14H2,1-4H3;1-2H3. The number of ether oxygens (including phenoxy) is 1. The smallest absolute Gasteiger partial charge is 0.472 e. The maximum absolute atomic E-state index is 6.07. The molecule has 0 amide bonds. The van der Waals surface area contributed by atoms with Gasteiger partial charge in [0.15, 0.2) is 5.82 Å². The quantitative estimate of drug-likeness (QED) is 0.602. The Balaban J connectivity index is 0.00000124. The summed E-state index contributed by atoms with van der Waals surface area (Å²) in [5.74, 6) is 1.00. The summed E-state index contributed by atoms with van der Waals surface area (Å²) in [5.41, 5.74) is 1.10. The molecule has 1 aliphatic rings. The van der Waals surface area contributed by atoms with Gasteiger partial charge in [0, 0.05) is 17.9 Å². The second-order valence-corrected chi connectivity index (χ2v) is 7.80. The van der Waals surface area contributed by atoms with Gasteiger partial charge in [-0.3, -0.25) is 4.98 Å². The molecule has 4 rings (SSSR count). The molecule has 3 aromatic rings. The molecule has 1 fully saturated rings. The summed E-state index contributed by atoms with van der Waals surface area (Å²) in [7, 11) is -0.468. The van der Waals surface area contributed by atoms with E-state index in [9.17, 15) is 0 Å². The molecule has 0 unspecified atom stereocenters. The van der Waals surface area contributed by atoms with E-state index >= 15 is 0 Å². The Hall–Kier alpha value is -2.71. The first-order valence-electron chi connectivity index (χ1n) is 10.2. The zero-order valence-electron chi connectivity index (χ0n) is 18.5. The monoisotopic (exact) mass is 408 g/mol. The van der Waals surface area contributed by atoms with E-state index in [0.29, 0.717) is 18.3 Å². The molecule has 1 saturated heterocycles. The summed E-state index contributed by atoms with van der Waals surface area (Å²) in [4.78, 5) is 8.70. The van der Waals surface area contributed by atoms with Gasteiger partial charge in [-0.25, -0.2) is 4.68 Å². The van der Waals surface area contributed by atoms with Crippen LogP contribution < -0.4 is 10.2 Å². The number of rotatable bonds is 5. The molecule has 0 N–H and O–H groups in total. The van der Waals surface area contributed by atoms with Crippen LogP contribution in [0.5, 0.6) is 5.88 Å². The van der Waals surface area contributed by atoms with Gasteiger partial charge in [0.2, 0.25) is 5.88 Å². The molecule has 30 heavy (non-hydrogen) atoms. The molecule has 8 heteroatoms. The van der Waals surface area contributed by atoms with Crippen molar-refractivity contribution in [3.63, 3.8) is 0 Å². The lowest BCUT2D eigenvalue weighted by atomic mass is 9.82. The average molecular weight is 408 g/mol. The zero-order valence-corrected chi connectivity index (χ0v) is 18.5. The molecule has 1 aliphatic heterocycles. The van der Waals surface area contributed by atoms with Gasteiger partial charge in [-0.15, -0.1) is 0 Å². The highest BCUT2D eigenvalue weighted by Crippen LogP contribution is 2.36. The predicted molar refractivity (Wildman–Crippen MR) is 117 cm³/mol. The third-order valence-electron chi connectivity index (χ3n) is 5.19. The predicted octanol–water partition coefficient (Wildman–Crippen LogP) is 3.57. The minimum absolute atomic E-state index is 0.398. The minimum Gasteiger partial charge on any atom is -0.472 e. The molecule has 158 valence electrons. The zero-order chi connectivity index (χ0) is 21.8. The molecule has 0 spiro atoms. The molecule has 1 aromatic carbocycles. The second kappa shape index (κ2) is 8.98. The van der Waals surface area contributed by atoms with Crippen LogP contribution in [0.15, 0.2) is 55.1 Å². The lowest BCUT2D eigenvalue weighted by molar-refractivity contribution is 0.00578. The largest absolute Gasteiger partial charge is 0.498 e. The van der Waals surface area contributed by atoms with Crippen molar-refractivity contribution in [2.75, 3.05) is 0 Å². The van der Waals surface area contributed by atoms with Gasteiger partial charge in [0.1, 0.15) is 6.61 Å². The average Bonchev–Trinajstić information content (AvgIpc) is 3.32. The van der Waals surface area contributed by atoms with E-state index in [1.165, 1.54) is 0 Å². The van der Waals surface area contributed by atoms with Crippen LogP contribution in [0.4, 0.5) is 0 Å². The van der Waals surface area contributed by atoms with Crippen molar-refractivity contribution >= 4 is 12.6 Å². The van der Waals surface area contributed by atoms with E-state index < -0.39 is 18.3 Å². The molecule has 0 bridgehead atoms. The Morgan fingerprint density at radius 3 is 2.30 bits per heavy atom. The summed E-state index contributed by atoms with van der Waals surface area (Å²) < 4.78 is 19.5. The van der Waals surface area contributed by atoms with Gasteiger partial charge in [-0.05, 0) is 33.3 Å². The first-order valence-corrected chi connectivity index (χ1v) is 10.2. The van der Waals surface area contributed by atoms with Crippen LogP contribution in [-0.4, -0.2) is 38.1 Å². The van der Waals surface area contributed by atoms with E-state index in [1.807, 2.05) is 78.1 Å². The van der Waals surface area contributed by atoms with Crippen molar-refractivity contribution in [3.8, 4) is 11.7 Å². The van der Waals surface area contributed by atoms with Crippen molar-refractivity contribution in [3.05, 3.63) is 60.7 Å². The lowest BCUT2D eigenvalue weighted by Crippen LogP contribution is -2.41. The second-order valence-electron chi connectivity index (χ2n) is 7.80. The number of hydrogen-bond acceptors (Lipinski definition) is 6. The van der Waals surface area contributed by atoms with Crippen LogP contribution in [0.2, 0.25) is 0 Å². The molecule has 7 nitrogen and oxygen atoms in total. The fourth-order valence-corrected chi connectivity index (χ4v) is 2.81. The summed E-state index contributed by atoms with van der Waals surface area (Å²) in [6.45, 7) is 12.5. The van der Waals surface area contributed by atoms with Crippen molar-refractivity contribution in [2.45, 2.75) is 59.4 Å². The Morgan fingerprint density at radius 2 is 1.63 bits per heavy atom. The van der Waals surface area contributed by atoms with Crippen molar-refractivity contribution in [1.82, 2.24) is 19.7 Å². The normalized spacial score (nSPS) is 16.7. The van der Waals surface area contributed by atoms with Gasteiger partial charge in [-0.1, -0.05) is 44.2 Å². The number of hydrogen-bond donors (Lipinski definition) is 0. The van der Waals surface area contributed by atoms with Crippen LogP contribution in [0.3, 0.4) is 0 Å². The molecule has 2 aromatic heterocycles. The van der Waals surface area contributed by atoms with Crippen molar-refractivity contribution in [2.24, 2.45) is 0 Å². The molecule has 3 heterocycles. The first kappa shape index (κ1) is 22.0. The Morgan fingerprint density at radius 1 is 0.967 bits per heavy atom. The van der Waals surface area contributed by atoms with Crippen LogP contribution in [0.1, 0.15) is 47.1 Å². The minimum atomic E-state index is -0.468. The van der Waals surface area contributed by atoms with Gasteiger partial charge in [0.05, 0.1) is 23.6 Å². The number of benzene rings is 1. The maximum atomic E-state index is 6.07. The lowest BCUT2D eigenvalue weighted by Gasteiger charge is -2.32. The summed E-state index contributed by atoms with van der Waals surface area (Å²) >= 11 is 0. The Labute approximate surface area is 178 Å². The number of nitrogens with zero attached hydrogens (tertiary/aromatic N) is 4. The van der Waals surface area contributed by atoms with Crippen molar-refractivity contribution in [1.29, 1.82) is 0 Å². The fraction of sp³-hybridized carbons (Fsp3) is 0.409. The highest BCUT2D eigenvalue weighted by atomic mass is 16.7.